The van der Waals surface area contributed by atoms with E-state index in [0.717, 1.165) is 48.2 Å². The SMILES string of the molecule is NC(=O)C1(c2ccccc2CCc2nc(Nc3ccc(C4CCN(C(=O)O)CC4)nc3)ncc2Cl)CC1. The molecule has 3 aromatic rings. The highest BCUT2D eigenvalue weighted by molar-refractivity contribution is 6.31. The lowest BCUT2D eigenvalue weighted by Gasteiger charge is -2.29. The molecule has 37 heavy (non-hydrogen) atoms. The third kappa shape index (κ3) is 5.36. The number of carboxylic acid groups (broad SMARTS) is 1. The minimum absolute atomic E-state index is 0.246. The smallest absolute Gasteiger partial charge is 0.407 e. The second-order valence-corrected chi connectivity index (χ2v) is 10.1. The molecule has 192 valence electrons. The Labute approximate surface area is 220 Å². The van der Waals surface area contributed by atoms with E-state index in [1.54, 1.807) is 12.4 Å². The second kappa shape index (κ2) is 10.3. The molecule has 1 saturated heterocycles. The van der Waals surface area contributed by atoms with Crippen molar-refractivity contribution >= 4 is 35.2 Å². The molecule has 0 unspecified atom stereocenters. The molecule has 0 bridgehead atoms. The molecule has 2 aliphatic rings. The molecule has 2 amide bonds. The van der Waals surface area contributed by atoms with Gasteiger partial charge in [-0.15, -0.1) is 0 Å². The lowest BCUT2D eigenvalue weighted by molar-refractivity contribution is -0.120. The van der Waals surface area contributed by atoms with Crippen LogP contribution in [0, 0.1) is 0 Å². The number of primary amides is 1. The molecule has 9 nitrogen and oxygen atoms in total. The van der Waals surface area contributed by atoms with E-state index in [1.165, 1.54) is 4.90 Å². The number of carbonyl (C=O) groups excluding carboxylic acids is 1. The number of anilines is 2. The normalized spacial score (nSPS) is 16.8. The molecular formula is C27H29ClN6O3. The van der Waals surface area contributed by atoms with Crippen molar-refractivity contribution in [2.45, 2.75) is 49.9 Å². The van der Waals surface area contributed by atoms with Crippen molar-refractivity contribution in [3.63, 3.8) is 0 Å². The number of aromatic nitrogens is 3. The van der Waals surface area contributed by atoms with Crippen LogP contribution in [0.5, 0.6) is 0 Å². The zero-order valence-corrected chi connectivity index (χ0v) is 21.1. The number of benzene rings is 1. The van der Waals surface area contributed by atoms with Crippen molar-refractivity contribution < 1.29 is 14.7 Å². The lowest BCUT2D eigenvalue weighted by atomic mass is 9.88. The summed E-state index contributed by atoms with van der Waals surface area (Å²) >= 11 is 6.42. The van der Waals surface area contributed by atoms with Gasteiger partial charge in [0.15, 0.2) is 0 Å². The van der Waals surface area contributed by atoms with E-state index in [2.05, 4.69) is 20.3 Å². The molecular weight excluding hydrogens is 492 g/mol. The van der Waals surface area contributed by atoms with Crippen molar-refractivity contribution in [2.75, 3.05) is 18.4 Å². The Morgan fingerprint density at radius 3 is 2.49 bits per heavy atom. The molecule has 2 aromatic heterocycles. The molecule has 0 atom stereocenters. The Balaban J connectivity index is 1.24. The van der Waals surface area contributed by atoms with Gasteiger partial charge in [-0.05, 0) is 61.8 Å². The number of hydrogen-bond acceptors (Lipinski definition) is 6. The monoisotopic (exact) mass is 520 g/mol. The van der Waals surface area contributed by atoms with Gasteiger partial charge in [-0.2, -0.15) is 0 Å². The number of aryl methyl sites for hydroxylation is 2. The number of pyridine rings is 1. The molecule has 0 spiro atoms. The Morgan fingerprint density at radius 2 is 1.84 bits per heavy atom. The number of amides is 2. The molecule has 2 fully saturated rings. The van der Waals surface area contributed by atoms with Gasteiger partial charge in [0.05, 0.1) is 34.2 Å². The largest absolute Gasteiger partial charge is 0.465 e. The summed E-state index contributed by atoms with van der Waals surface area (Å²) in [5.74, 6) is 0.403. The number of likely N-dealkylation sites (tertiary alicyclic amines) is 1. The Bertz CT molecular complexity index is 1300. The molecule has 1 aliphatic carbocycles. The van der Waals surface area contributed by atoms with E-state index in [4.69, 9.17) is 22.4 Å². The van der Waals surface area contributed by atoms with E-state index < -0.39 is 11.5 Å². The summed E-state index contributed by atoms with van der Waals surface area (Å²) in [6.45, 7) is 1.05. The van der Waals surface area contributed by atoms with Crippen LogP contribution in [0.1, 0.15) is 54.1 Å². The van der Waals surface area contributed by atoms with Crippen LogP contribution in [-0.4, -0.2) is 50.0 Å². The number of nitrogens with two attached hydrogens (primary N) is 1. The van der Waals surface area contributed by atoms with Crippen LogP contribution >= 0.6 is 11.6 Å². The maximum absolute atomic E-state index is 12.1. The van der Waals surface area contributed by atoms with Gasteiger partial charge in [-0.25, -0.2) is 14.8 Å². The summed E-state index contributed by atoms with van der Waals surface area (Å²) in [4.78, 5) is 38.2. The summed E-state index contributed by atoms with van der Waals surface area (Å²) in [5.41, 5.74) is 9.68. The Morgan fingerprint density at radius 1 is 1.08 bits per heavy atom. The minimum atomic E-state index is -0.866. The van der Waals surface area contributed by atoms with E-state index in [-0.39, 0.29) is 11.8 Å². The lowest BCUT2D eigenvalue weighted by Crippen LogP contribution is -2.36. The van der Waals surface area contributed by atoms with Gasteiger partial charge in [0.25, 0.3) is 0 Å². The number of nitrogens with one attached hydrogen (secondary N) is 1. The predicted molar refractivity (Wildman–Crippen MR) is 140 cm³/mol. The molecule has 1 aromatic carbocycles. The fraction of sp³-hybridized carbons (Fsp3) is 0.370. The van der Waals surface area contributed by atoms with Gasteiger partial charge in [0.2, 0.25) is 11.9 Å². The first-order valence-electron chi connectivity index (χ1n) is 12.5. The average molecular weight is 521 g/mol. The van der Waals surface area contributed by atoms with E-state index in [9.17, 15) is 9.59 Å². The first-order valence-corrected chi connectivity index (χ1v) is 12.8. The fourth-order valence-electron chi connectivity index (χ4n) is 5.09. The van der Waals surface area contributed by atoms with Gasteiger partial charge < -0.3 is 21.1 Å². The zero-order valence-electron chi connectivity index (χ0n) is 20.4. The van der Waals surface area contributed by atoms with Gasteiger partial charge in [0.1, 0.15) is 0 Å². The summed E-state index contributed by atoms with van der Waals surface area (Å²) in [6.07, 6.45) is 6.83. The maximum atomic E-state index is 12.1. The summed E-state index contributed by atoms with van der Waals surface area (Å²) < 4.78 is 0. The third-order valence-corrected chi connectivity index (χ3v) is 7.74. The first-order chi connectivity index (χ1) is 17.9. The van der Waals surface area contributed by atoms with Gasteiger partial charge in [-0.3, -0.25) is 9.78 Å². The standard InChI is InChI=1S/C27H29ClN6O3/c28-21-16-31-25(32-19-6-8-22(30-15-19)18-9-13-34(14-10-18)26(36)37)33-23(21)7-5-17-3-1-2-4-20(17)27(11-12-27)24(29)35/h1-4,6,8,15-16,18H,5,7,9-14H2,(H2,29,35)(H,36,37)(H,31,32,33). The molecule has 4 N–H and O–H groups in total. The van der Waals surface area contributed by atoms with Crippen molar-refractivity contribution in [1.29, 1.82) is 0 Å². The highest BCUT2D eigenvalue weighted by Gasteiger charge is 2.50. The van der Waals surface area contributed by atoms with Crippen LogP contribution in [0.15, 0.2) is 48.8 Å². The van der Waals surface area contributed by atoms with Crippen LogP contribution in [-0.2, 0) is 23.1 Å². The Kier molecular flexibility index (Phi) is 6.97. The van der Waals surface area contributed by atoms with E-state index >= 15 is 0 Å². The molecule has 10 heteroatoms. The van der Waals surface area contributed by atoms with Crippen molar-refractivity contribution in [1.82, 2.24) is 19.9 Å². The molecule has 1 aliphatic heterocycles. The zero-order chi connectivity index (χ0) is 26.0. The summed E-state index contributed by atoms with van der Waals surface area (Å²) in [7, 11) is 0. The van der Waals surface area contributed by atoms with Crippen LogP contribution in [0.3, 0.4) is 0 Å². The predicted octanol–water partition coefficient (Wildman–Crippen LogP) is 4.43. The maximum Gasteiger partial charge on any atom is 0.407 e. The average Bonchev–Trinajstić information content (AvgIpc) is 3.72. The number of halogens is 1. The number of rotatable bonds is 8. The van der Waals surface area contributed by atoms with Gasteiger partial charge >= 0.3 is 6.09 Å². The topological polar surface area (TPSA) is 134 Å². The number of hydrogen-bond donors (Lipinski definition) is 3. The number of nitrogens with zero attached hydrogens (tertiary/aromatic N) is 4. The van der Waals surface area contributed by atoms with Gasteiger partial charge in [0, 0.05) is 24.7 Å². The first kappa shape index (κ1) is 25.0. The highest BCUT2D eigenvalue weighted by atomic mass is 35.5. The minimum Gasteiger partial charge on any atom is -0.465 e. The summed E-state index contributed by atoms with van der Waals surface area (Å²) in [6, 6.07) is 11.8. The Hall–Kier alpha value is -3.72. The second-order valence-electron chi connectivity index (χ2n) is 9.73. The highest BCUT2D eigenvalue weighted by Crippen LogP contribution is 2.49. The van der Waals surface area contributed by atoms with Gasteiger partial charge in [-0.1, -0.05) is 35.9 Å². The van der Waals surface area contributed by atoms with Crippen molar-refractivity contribution in [3.05, 3.63) is 76.3 Å². The van der Waals surface area contributed by atoms with Crippen LogP contribution in [0.25, 0.3) is 0 Å². The van der Waals surface area contributed by atoms with E-state index in [1.807, 2.05) is 36.4 Å². The molecule has 3 heterocycles. The summed E-state index contributed by atoms with van der Waals surface area (Å²) in [5, 5.41) is 12.8. The van der Waals surface area contributed by atoms with Crippen molar-refractivity contribution in [2.24, 2.45) is 5.73 Å². The van der Waals surface area contributed by atoms with Crippen LogP contribution in [0.4, 0.5) is 16.4 Å². The quantitative estimate of drug-likeness (QED) is 0.400. The number of piperidine rings is 1. The number of carbonyl (C=O) groups is 2. The molecule has 0 radical (unpaired) electrons. The van der Waals surface area contributed by atoms with Crippen LogP contribution in [0.2, 0.25) is 5.02 Å². The van der Waals surface area contributed by atoms with Crippen molar-refractivity contribution in [3.8, 4) is 0 Å². The molecule has 5 rings (SSSR count). The van der Waals surface area contributed by atoms with Crippen LogP contribution < -0.4 is 11.1 Å². The molecule has 1 saturated carbocycles. The third-order valence-electron chi connectivity index (χ3n) is 7.43. The fourth-order valence-corrected chi connectivity index (χ4v) is 5.27. The van der Waals surface area contributed by atoms with E-state index in [0.29, 0.717) is 42.6 Å².